The molecular formula is C23H29N3O5S. The van der Waals surface area contributed by atoms with Crippen LogP contribution in [0.4, 0.5) is 0 Å². The summed E-state index contributed by atoms with van der Waals surface area (Å²) < 4.78 is 32.1. The lowest BCUT2D eigenvalue weighted by molar-refractivity contribution is -0.121. The minimum atomic E-state index is -3.46. The summed E-state index contributed by atoms with van der Waals surface area (Å²) >= 11 is 0. The highest BCUT2D eigenvalue weighted by molar-refractivity contribution is 7.88. The lowest BCUT2D eigenvalue weighted by Crippen LogP contribution is -2.41. The fourth-order valence-corrected chi connectivity index (χ4v) is 5.04. The van der Waals surface area contributed by atoms with Crippen molar-refractivity contribution in [2.75, 3.05) is 32.8 Å². The van der Waals surface area contributed by atoms with Gasteiger partial charge in [-0.05, 0) is 29.7 Å². The first kappa shape index (κ1) is 23.9. The van der Waals surface area contributed by atoms with Crippen LogP contribution in [0.3, 0.4) is 0 Å². The van der Waals surface area contributed by atoms with Crippen molar-refractivity contribution in [3.05, 3.63) is 70.8 Å². The van der Waals surface area contributed by atoms with Gasteiger partial charge in [0.15, 0.2) is 0 Å². The van der Waals surface area contributed by atoms with Crippen LogP contribution in [0.2, 0.25) is 0 Å². The third-order valence-corrected chi connectivity index (χ3v) is 7.15. The normalized spacial score (nSPS) is 14.7. The summed E-state index contributed by atoms with van der Waals surface area (Å²) in [7, 11) is -3.46. The van der Waals surface area contributed by atoms with Crippen LogP contribution >= 0.6 is 0 Å². The summed E-state index contributed by atoms with van der Waals surface area (Å²) in [6.45, 7) is 3.81. The summed E-state index contributed by atoms with van der Waals surface area (Å²) in [5, 5.41) is 5.56. The summed E-state index contributed by atoms with van der Waals surface area (Å²) in [6.07, 6.45) is 0.131. The van der Waals surface area contributed by atoms with Crippen molar-refractivity contribution in [3.8, 4) is 0 Å². The van der Waals surface area contributed by atoms with Crippen molar-refractivity contribution in [1.82, 2.24) is 14.9 Å². The molecule has 9 heteroatoms. The number of hydrogen-bond acceptors (Lipinski definition) is 5. The molecule has 0 spiro atoms. The van der Waals surface area contributed by atoms with E-state index in [0.717, 1.165) is 11.1 Å². The van der Waals surface area contributed by atoms with Crippen LogP contribution in [-0.4, -0.2) is 57.4 Å². The molecule has 0 bridgehead atoms. The molecule has 1 aliphatic heterocycles. The number of benzene rings is 2. The van der Waals surface area contributed by atoms with Crippen LogP contribution in [0.25, 0.3) is 0 Å². The zero-order chi connectivity index (χ0) is 23.0. The van der Waals surface area contributed by atoms with Crippen molar-refractivity contribution >= 4 is 21.8 Å². The summed E-state index contributed by atoms with van der Waals surface area (Å²) in [5.74, 6) is -0.554. The number of sulfonamides is 1. The molecule has 172 valence electrons. The van der Waals surface area contributed by atoms with Crippen molar-refractivity contribution in [1.29, 1.82) is 0 Å². The predicted octanol–water partition coefficient (Wildman–Crippen LogP) is 1.59. The average Bonchev–Trinajstić information content (AvgIpc) is 2.79. The van der Waals surface area contributed by atoms with E-state index < -0.39 is 10.0 Å². The molecule has 2 aromatic carbocycles. The second kappa shape index (κ2) is 11.2. The summed E-state index contributed by atoms with van der Waals surface area (Å²) in [4.78, 5) is 24.5. The largest absolute Gasteiger partial charge is 0.379 e. The topological polar surface area (TPSA) is 105 Å². The van der Waals surface area contributed by atoms with E-state index in [2.05, 4.69) is 10.6 Å². The molecule has 1 fully saturated rings. The number of amides is 2. The van der Waals surface area contributed by atoms with E-state index >= 15 is 0 Å². The molecule has 2 amide bonds. The van der Waals surface area contributed by atoms with Crippen molar-refractivity contribution in [3.63, 3.8) is 0 Å². The molecule has 0 aliphatic carbocycles. The number of aryl methyl sites for hydroxylation is 1. The van der Waals surface area contributed by atoms with Gasteiger partial charge in [0, 0.05) is 38.2 Å². The number of nitrogens with zero attached hydrogens (tertiary/aromatic N) is 1. The van der Waals surface area contributed by atoms with E-state index in [4.69, 9.17) is 4.74 Å². The van der Waals surface area contributed by atoms with Gasteiger partial charge in [0.1, 0.15) is 0 Å². The molecule has 0 radical (unpaired) electrons. The van der Waals surface area contributed by atoms with Gasteiger partial charge in [-0.15, -0.1) is 0 Å². The first-order valence-electron chi connectivity index (χ1n) is 10.6. The Morgan fingerprint density at radius 1 is 0.969 bits per heavy atom. The molecule has 1 heterocycles. The van der Waals surface area contributed by atoms with Gasteiger partial charge in [-0.1, -0.05) is 42.5 Å². The van der Waals surface area contributed by atoms with E-state index in [1.807, 2.05) is 31.2 Å². The molecule has 0 atom stereocenters. The van der Waals surface area contributed by atoms with Crippen LogP contribution in [0.15, 0.2) is 48.5 Å². The van der Waals surface area contributed by atoms with Crippen LogP contribution in [0.5, 0.6) is 0 Å². The van der Waals surface area contributed by atoms with Crippen molar-refractivity contribution in [2.24, 2.45) is 0 Å². The second-order valence-corrected chi connectivity index (χ2v) is 9.60. The van der Waals surface area contributed by atoms with Crippen LogP contribution < -0.4 is 10.6 Å². The highest BCUT2D eigenvalue weighted by Gasteiger charge is 2.25. The molecular weight excluding hydrogens is 430 g/mol. The standard InChI is InChI=1S/C23H29N3O5S/c1-18-6-2-5-9-21(18)23(28)24-11-10-22(27)25-16-19-7-3-4-8-20(19)17-32(29,30)26-12-14-31-15-13-26/h2-9H,10-17H2,1H3,(H,24,28)(H,25,27). The van der Waals surface area contributed by atoms with Gasteiger partial charge >= 0.3 is 0 Å². The molecule has 1 aliphatic rings. The molecule has 2 aromatic rings. The first-order valence-corrected chi connectivity index (χ1v) is 12.2. The Kier molecular flexibility index (Phi) is 8.38. The fourth-order valence-electron chi connectivity index (χ4n) is 3.48. The van der Waals surface area contributed by atoms with Gasteiger partial charge in [0.2, 0.25) is 15.9 Å². The summed E-state index contributed by atoms with van der Waals surface area (Å²) in [6, 6.07) is 14.4. The third-order valence-electron chi connectivity index (χ3n) is 5.32. The van der Waals surface area contributed by atoms with E-state index in [0.29, 0.717) is 37.4 Å². The molecule has 1 saturated heterocycles. The number of carbonyl (C=O) groups is 2. The van der Waals surface area contributed by atoms with Crippen molar-refractivity contribution in [2.45, 2.75) is 25.6 Å². The zero-order valence-electron chi connectivity index (χ0n) is 18.2. The van der Waals surface area contributed by atoms with Crippen LogP contribution in [0.1, 0.15) is 33.5 Å². The number of nitrogens with one attached hydrogen (secondary N) is 2. The highest BCUT2D eigenvalue weighted by Crippen LogP contribution is 2.16. The smallest absolute Gasteiger partial charge is 0.251 e. The van der Waals surface area contributed by atoms with Crippen LogP contribution in [-0.2, 0) is 31.9 Å². The maximum absolute atomic E-state index is 12.7. The maximum atomic E-state index is 12.7. The molecule has 0 saturated carbocycles. The van der Waals surface area contributed by atoms with Crippen molar-refractivity contribution < 1.29 is 22.7 Å². The van der Waals surface area contributed by atoms with Gasteiger partial charge in [0.25, 0.3) is 5.91 Å². The SMILES string of the molecule is Cc1ccccc1C(=O)NCCC(=O)NCc1ccccc1CS(=O)(=O)N1CCOCC1. The fraction of sp³-hybridized carbons (Fsp3) is 0.391. The van der Waals surface area contributed by atoms with E-state index in [-0.39, 0.29) is 37.1 Å². The zero-order valence-corrected chi connectivity index (χ0v) is 19.0. The highest BCUT2D eigenvalue weighted by atomic mass is 32.2. The number of carbonyl (C=O) groups excluding carboxylic acids is 2. The Bertz CT molecular complexity index is 1050. The Balaban J connectivity index is 1.49. The quantitative estimate of drug-likeness (QED) is 0.593. The number of hydrogen-bond donors (Lipinski definition) is 2. The second-order valence-electron chi connectivity index (χ2n) is 7.63. The molecule has 32 heavy (non-hydrogen) atoms. The van der Waals surface area contributed by atoms with Gasteiger partial charge in [-0.25, -0.2) is 8.42 Å². The number of morpholine rings is 1. The van der Waals surface area contributed by atoms with E-state index in [9.17, 15) is 18.0 Å². The van der Waals surface area contributed by atoms with Gasteiger partial charge < -0.3 is 15.4 Å². The molecule has 3 rings (SSSR count). The average molecular weight is 460 g/mol. The van der Waals surface area contributed by atoms with Gasteiger partial charge in [0.05, 0.1) is 19.0 Å². The van der Waals surface area contributed by atoms with Gasteiger partial charge in [-0.3, -0.25) is 9.59 Å². The minimum Gasteiger partial charge on any atom is -0.379 e. The molecule has 8 nitrogen and oxygen atoms in total. The molecule has 2 N–H and O–H groups in total. The summed E-state index contributed by atoms with van der Waals surface area (Å²) in [5.41, 5.74) is 2.87. The first-order chi connectivity index (χ1) is 15.4. The Morgan fingerprint density at radius 2 is 1.62 bits per heavy atom. The van der Waals surface area contributed by atoms with E-state index in [1.54, 1.807) is 24.3 Å². The Hall–Kier alpha value is -2.75. The number of ether oxygens (including phenoxy) is 1. The number of rotatable bonds is 9. The predicted molar refractivity (Wildman–Crippen MR) is 121 cm³/mol. The lowest BCUT2D eigenvalue weighted by atomic mass is 10.1. The molecule has 0 unspecified atom stereocenters. The lowest BCUT2D eigenvalue weighted by Gasteiger charge is -2.26. The third kappa shape index (κ3) is 6.62. The monoisotopic (exact) mass is 459 g/mol. The minimum absolute atomic E-state index is 0.120. The Labute approximate surface area is 189 Å². The Morgan fingerprint density at radius 3 is 2.34 bits per heavy atom. The van der Waals surface area contributed by atoms with Crippen LogP contribution in [0, 0.1) is 6.92 Å². The maximum Gasteiger partial charge on any atom is 0.251 e. The van der Waals surface area contributed by atoms with Gasteiger partial charge in [-0.2, -0.15) is 4.31 Å². The van der Waals surface area contributed by atoms with E-state index in [1.165, 1.54) is 4.31 Å². The molecule has 0 aromatic heterocycles.